The van der Waals surface area contributed by atoms with Gasteiger partial charge < -0.3 is 14.2 Å². The van der Waals surface area contributed by atoms with E-state index in [1.54, 1.807) is 24.3 Å². The Morgan fingerprint density at radius 2 is 1.60 bits per heavy atom. The maximum atomic E-state index is 12.4. The average molecular weight is 482 g/mol. The zero-order chi connectivity index (χ0) is 21.1. The highest BCUT2D eigenvalue weighted by atomic mass is 35.5. The van der Waals surface area contributed by atoms with E-state index in [0.717, 1.165) is 11.8 Å². The maximum absolute atomic E-state index is 12.4. The molecule has 0 aliphatic carbocycles. The summed E-state index contributed by atoms with van der Waals surface area (Å²) in [5, 5.41) is 12.1. The molecule has 3 aromatic heterocycles. The summed E-state index contributed by atoms with van der Waals surface area (Å²) in [4.78, 5) is 16.8. The fourth-order valence-electron chi connectivity index (χ4n) is 2.50. The molecular formula is C19H11Cl3N4O3S. The van der Waals surface area contributed by atoms with Crippen molar-refractivity contribution in [2.75, 3.05) is 11.1 Å². The van der Waals surface area contributed by atoms with Gasteiger partial charge in [0.25, 0.3) is 0 Å². The van der Waals surface area contributed by atoms with Crippen LogP contribution in [-0.4, -0.2) is 26.8 Å². The lowest BCUT2D eigenvalue weighted by Gasteiger charge is -2.09. The minimum absolute atomic E-state index is 0.00859. The molecule has 4 aromatic rings. The summed E-state index contributed by atoms with van der Waals surface area (Å²) >= 11 is 19.2. The van der Waals surface area contributed by atoms with Crippen molar-refractivity contribution >= 4 is 58.2 Å². The number of hydrogen-bond donors (Lipinski definition) is 1. The van der Waals surface area contributed by atoms with Gasteiger partial charge in [-0.3, -0.25) is 4.79 Å². The number of carbonyl (C=O) groups excluding carboxylic acids is 1. The smallest absolute Gasteiger partial charge is 0.234 e. The molecule has 0 saturated carbocycles. The number of anilines is 1. The summed E-state index contributed by atoms with van der Waals surface area (Å²) < 4.78 is 10.9. The van der Waals surface area contributed by atoms with Crippen molar-refractivity contribution in [1.29, 1.82) is 0 Å². The number of furan rings is 2. The number of benzene rings is 1. The van der Waals surface area contributed by atoms with Gasteiger partial charge in [0.15, 0.2) is 17.2 Å². The van der Waals surface area contributed by atoms with E-state index in [9.17, 15) is 4.79 Å². The fourth-order valence-corrected chi connectivity index (χ4v) is 4.00. The molecule has 3 heterocycles. The third kappa shape index (κ3) is 4.62. The second-order valence-corrected chi connectivity index (χ2v) is 8.02. The van der Waals surface area contributed by atoms with Gasteiger partial charge in [0.2, 0.25) is 11.1 Å². The predicted octanol–water partition coefficient (Wildman–Crippen LogP) is 6.08. The van der Waals surface area contributed by atoms with Crippen LogP contribution in [0.5, 0.6) is 0 Å². The van der Waals surface area contributed by atoms with E-state index in [4.69, 9.17) is 43.6 Å². The Kier molecular flexibility index (Phi) is 6.29. The molecule has 1 N–H and O–H groups in total. The Morgan fingerprint density at radius 3 is 2.20 bits per heavy atom. The lowest BCUT2D eigenvalue weighted by atomic mass is 10.2. The number of rotatable bonds is 6. The van der Waals surface area contributed by atoms with Gasteiger partial charge in [-0.05, 0) is 36.4 Å². The molecule has 0 bridgehead atoms. The molecule has 0 saturated heterocycles. The largest absolute Gasteiger partial charge is 0.463 e. The standard InChI is InChI=1S/C19H11Cl3N4O3S/c20-10-7-11(21)16(12(22)8-10)23-15(27)9-30-19-24-17(13-3-1-5-28-13)18(25-26-19)14-4-2-6-29-14/h1-8H,9H2,(H,23,27). The van der Waals surface area contributed by atoms with Crippen molar-refractivity contribution in [2.24, 2.45) is 0 Å². The Bertz CT molecular complexity index is 1160. The third-order valence-electron chi connectivity index (χ3n) is 3.78. The highest BCUT2D eigenvalue weighted by Crippen LogP contribution is 2.34. The zero-order valence-corrected chi connectivity index (χ0v) is 18.0. The molecule has 1 amide bonds. The molecule has 11 heteroatoms. The molecular weight excluding hydrogens is 471 g/mol. The first kappa shape index (κ1) is 20.7. The topological polar surface area (TPSA) is 94.0 Å². The van der Waals surface area contributed by atoms with Gasteiger partial charge >= 0.3 is 0 Å². The van der Waals surface area contributed by atoms with Crippen LogP contribution in [0.25, 0.3) is 22.9 Å². The summed E-state index contributed by atoms with van der Waals surface area (Å²) in [5.74, 6) is 0.670. The van der Waals surface area contributed by atoms with Crippen LogP contribution in [0.15, 0.2) is 62.9 Å². The minimum Gasteiger partial charge on any atom is -0.463 e. The van der Waals surface area contributed by atoms with Gasteiger partial charge in [-0.2, -0.15) is 0 Å². The van der Waals surface area contributed by atoms with E-state index in [0.29, 0.717) is 33.1 Å². The number of carbonyl (C=O) groups is 1. The summed E-state index contributed by atoms with van der Waals surface area (Å²) in [6, 6.07) is 9.97. The van der Waals surface area contributed by atoms with Crippen LogP contribution in [0.2, 0.25) is 15.1 Å². The van der Waals surface area contributed by atoms with E-state index >= 15 is 0 Å². The number of halogens is 3. The van der Waals surface area contributed by atoms with Crippen LogP contribution >= 0.6 is 46.6 Å². The summed E-state index contributed by atoms with van der Waals surface area (Å²) in [6.07, 6.45) is 3.06. The first-order valence-corrected chi connectivity index (χ1v) is 10.5. The predicted molar refractivity (Wildman–Crippen MR) is 116 cm³/mol. The second-order valence-electron chi connectivity index (χ2n) is 5.83. The normalized spacial score (nSPS) is 10.9. The van der Waals surface area contributed by atoms with Gasteiger partial charge in [0.05, 0.1) is 34.0 Å². The first-order valence-electron chi connectivity index (χ1n) is 8.41. The third-order valence-corrected chi connectivity index (χ3v) is 5.43. The zero-order valence-electron chi connectivity index (χ0n) is 14.9. The number of amides is 1. The number of thioether (sulfide) groups is 1. The molecule has 0 aliphatic rings. The number of nitrogens with one attached hydrogen (secondary N) is 1. The van der Waals surface area contributed by atoms with Crippen LogP contribution in [0.3, 0.4) is 0 Å². The SMILES string of the molecule is O=C(CSc1nnc(-c2ccco2)c(-c2ccco2)n1)Nc1c(Cl)cc(Cl)cc1Cl. The molecule has 0 fully saturated rings. The molecule has 0 unspecified atom stereocenters. The van der Waals surface area contributed by atoms with E-state index in [-0.39, 0.29) is 27.4 Å². The van der Waals surface area contributed by atoms with Crippen LogP contribution in [0.1, 0.15) is 0 Å². The summed E-state index contributed by atoms with van der Waals surface area (Å²) in [6.45, 7) is 0. The first-order chi connectivity index (χ1) is 14.5. The van der Waals surface area contributed by atoms with Gasteiger partial charge in [0, 0.05) is 5.02 Å². The van der Waals surface area contributed by atoms with Gasteiger partial charge in [-0.25, -0.2) is 4.98 Å². The Balaban J connectivity index is 1.51. The van der Waals surface area contributed by atoms with Crippen molar-refractivity contribution < 1.29 is 13.6 Å². The van der Waals surface area contributed by atoms with Crippen molar-refractivity contribution in [1.82, 2.24) is 15.2 Å². The van der Waals surface area contributed by atoms with Crippen LogP contribution in [-0.2, 0) is 4.79 Å². The van der Waals surface area contributed by atoms with Crippen molar-refractivity contribution in [3.05, 3.63) is 64.0 Å². The molecule has 0 aliphatic heterocycles. The Hall–Kier alpha value is -2.52. The van der Waals surface area contributed by atoms with E-state index in [2.05, 4.69) is 20.5 Å². The van der Waals surface area contributed by atoms with Crippen LogP contribution in [0.4, 0.5) is 5.69 Å². The van der Waals surface area contributed by atoms with E-state index < -0.39 is 0 Å². The molecule has 1 aromatic carbocycles. The lowest BCUT2D eigenvalue weighted by Crippen LogP contribution is -2.15. The highest BCUT2D eigenvalue weighted by Gasteiger charge is 2.19. The lowest BCUT2D eigenvalue weighted by molar-refractivity contribution is -0.113. The number of aromatic nitrogens is 3. The molecule has 152 valence electrons. The number of nitrogens with zero attached hydrogens (tertiary/aromatic N) is 3. The fraction of sp³-hybridized carbons (Fsp3) is 0.0526. The van der Waals surface area contributed by atoms with Crippen molar-refractivity contribution in [3.63, 3.8) is 0 Å². The van der Waals surface area contributed by atoms with E-state index in [1.807, 2.05) is 0 Å². The van der Waals surface area contributed by atoms with Gasteiger partial charge in [0.1, 0.15) is 5.69 Å². The van der Waals surface area contributed by atoms with Crippen LogP contribution < -0.4 is 5.32 Å². The van der Waals surface area contributed by atoms with Crippen LogP contribution in [0, 0.1) is 0 Å². The molecule has 0 atom stereocenters. The summed E-state index contributed by atoms with van der Waals surface area (Å²) in [5.41, 5.74) is 1.18. The Labute approximate surface area is 189 Å². The molecule has 0 radical (unpaired) electrons. The minimum atomic E-state index is -0.343. The van der Waals surface area contributed by atoms with Gasteiger partial charge in [-0.15, -0.1) is 10.2 Å². The second kappa shape index (κ2) is 9.09. The molecule has 30 heavy (non-hydrogen) atoms. The monoisotopic (exact) mass is 480 g/mol. The number of hydrogen-bond acceptors (Lipinski definition) is 7. The van der Waals surface area contributed by atoms with E-state index in [1.165, 1.54) is 24.7 Å². The highest BCUT2D eigenvalue weighted by molar-refractivity contribution is 7.99. The molecule has 0 spiro atoms. The van der Waals surface area contributed by atoms with Gasteiger partial charge in [-0.1, -0.05) is 46.6 Å². The average Bonchev–Trinajstić information content (AvgIpc) is 3.43. The molecule has 4 rings (SSSR count). The molecule has 7 nitrogen and oxygen atoms in total. The quantitative estimate of drug-likeness (QED) is 0.333. The maximum Gasteiger partial charge on any atom is 0.234 e. The Morgan fingerprint density at radius 1 is 0.967 bits per heavy atom. The van der Waals surface area contributed by atoms with Crippen molar-refractivity contribution in [3.8, 4) is 22.9 Å². The summed E-state index contributed by atoms with van der Waals surface area (Å²) in [7, 11) is 0. The van der Waals surface area contributed by atoms with Crippen molar-refractivity contribution in [2.45, 2.75) is 5.16 Å².